The second kappa shape index (κ2) is 10.4. The van der Waals surface area contributed by atoms with Crippen LogP contribution in [-0.4, -0.2) is 46.0 Å². The highest BCUT2D eigenvalue weighted by molar-refractivity contribution is 7.89. The van der Waals surface area contributed by atoms with E-state index >= 15 is 0 Å². The van der Waals surface area contributed by atoms with Crippen molar-refractivity contribution in [3.63, 3.8) is 0 Å². The van der Waals surface area contributed by atoms with E-state index in [1.54, 1.807) is 4.98 Å². The quantitative estimate of drug-likeness (QED) is 0.317. The first kappa shape index (κ1) is 27.0. The van der Waals surface area contributed by atoms with Crippen LogP contribution in [0.1, 0.15) is 25.0 Å². The number of phenols is 1. The van der Waals surface area contributed by atoms with E-state index < -0.39 is 50.1 Å². The van der Waals surface area contributed by atoms with E-state index in [9.17, 15) is 37.0 Å². The summed E-state index contributed by atoms with van der Waals surface area (Å²) >= 11 is 12.5. The number of hydrogen-bond donors (Lipinski definition) is 4. The average Bonchev–Trinajstić information content (AvgIpc) is 2.79. The van der Waals surface area contributed by atoms with Gasteiger partial charge < -0.3 is 14.9 Å². The van der Waals surface area contributed by atoms with Gasteiger partial charge in [-0.05, 0) is 43.0 Å². The van der Waals surface area contributed by atoms with Crippen LogP contribution in [0.4, 0.5) is 8.78 Å². The largest absolute Gasteiger partial charge is 0.507 e. The molecule has 0 saturated heterocycles. The van der Waals surface area contributed by atoms with Crippen LogP contribution in [0, 0.1) is 5.92 Å². The number of phenolic OH excluding ortho intramolecular Hbond substituents is 1. The second-order valence-electron chi connectivity index (χ2n) is 8.17. The van der Waals surface area contributed by atoms with Gasteiger partial charge in [0.15, 0.2) is 11.4 Å². The Morgan fingerprint density at radius 2 is 1.84 bits per heavy atom. The number of aromatic hydroxyl groups is 1. The summed E-state index contributed by atoms with van der Waals surface area (Å²) in [6, 6.07) is 5.59. The molecule has 0 atom stereocenters. The van der Waals surface area contributed by atoms with Gasteiger partial charge in [0.1, 0.15) is 16.4 Å². The van der Waals surface area contributed by atoms with Gasteiger partial charge in [0.25, 0.3) is 12.0 Å². The molecule has 4 N–H and O–H groups in total. The third kappa shape index (κ3) is 5.78. The maximum atomic E-state index is 13.0. The van der Waals surface area contributed by atoms with Crippen LogP contribution in [0.3, 0.4) is 0 Å². The monoisotopic (exact) mass is 578 g/mol. The van der Waals surface area contributed by atoms with Gasteiger partial charge in [-0.15, -0.1) is 0 Å². The molecule has 1 aliphatic rings. The Morgan fingerprint density at radius 1 is 1.19 bits per heavy atom. The van der Waals surface area contributed by atoms with E-state index in [1.165, 1.54) is 6.07 Å². The van der Waals surface area contributed by atoms with Crippen molar-refractivity contribution >= 4 is 33.2 Å². The van der Waals surface area contributed by atoms with Gasteiger partial charge >= 0.3 is 5.69 Å². The van der Waals surface area contributed by atoms with Gasteiger partial charge in [-0.3, -0.25) is 9.78 Å². The summed E-state index contributed by atoms with van der Waals surface area (Å²) in [6.45, 7) is 0.0778. The standard InChI is InChI=1S/C21H18Cl2F2N4O7S/c22-13-5-10(29-21(33)27-20(32)17(28-29)19(24)25)6-14(23)18(13)36-12-1-2-15(31)16(7-12)37(34,35)26-8-9-3-11(30)4-9/h1-2,5-7,9,11,19,26,30-31H,3-4,8H2,(H,27,32,33)/t9-,11-. The summed E-state index contributed by atoms with van der Waals surface area (Å²) in [7, 11) is -4.14. The Hall–Kier alpha value is -3.04. The van der Waals surface area contributed by atoms with E-state index in [2.05, 4.69) is 9.82 Å². The van der Waals surface area contributed by atoms with Gasteiger partial charge in [-0.25, -0.2) is 26.7 Å². The molecule has 1 aliphatic carbocycles. The molecule has 1 heterocycles. The topological polar surface area (TPSA) is 164 Å². The molecule has 1 saturated carbocycles. The number of hydrogen-bond acceptors (Lipinski definition) is 8. The van der Waals surface area contributed by atoms with Crippen molar-refractivity contribution in [2.24, 2.45) is 5.92 Å². The van der Waals surface area contributed by atoms with Crippen LogP contribution in [0.2, 0.25) is 10.0 Å². The smallest absolute Gasteiger partial charge is 0.349 e. The number of nitrogens with one attached hydrogen (secondary N) is 2. The molecular weight excluding hydrogens is 561 g/mol. The molecule has 37 heavy (non-hydrogen) atoms. The Bertz CT molecular complexity index is 1550. The van der Waals surface area contributed by atoms with Gasteiger partial charge in [-0.2, -0.15) is 9.78 Å². The van der Waals surface area contributed by atoms with Crippen LogP contribution in [-0.2, 0) is 10.0 Å². The number of aliphatic hydroxyl groups excluding tert-OH is 1. The molecule has 11 nitrogen and oxygen atoms in total. The van der Waals surface area contributed by atoms with Crippen molar-refractivity contribution in [3.05, 3.63) is 66.9 Å². The molecular formula is C21H18Cl2F2N4O7S. The van der Waals surface area contributed by atoms with Gasteiger partial charge in [0, 0.05) is 12.6 Å². The minimum Gasteiger partial charge on any atom is -0.507 e. The highest BCUT2D eigenvalue weighted by Crippen LogP contribution is 2.39. The highest BCUT2D eigenvalue weighted by atomic mass is 35.5. The summed E-state index contributed by atoms with van der Waals surface area (Å²) in [5, 5.41) is 22.4. The first-order valence-electron chi connectivity index (χ1n) is 10.6. The number of nitrogens with zero attached hydrogens (tertiary/aromatic N) is 2. The number of H-pyrrole nitrogens is 1. The average molecular weight is 579 g/mol. The number of benzene rings is 2. The van der Waals surface area contributed by atoms with Crippen LogP contribution in [0.15, 0.2) is 44.8 Å². The lowest BCUT2D eigenvalue weighted by Gasteiger charge is -2.31. The van der Waals surface area contributed by atoms with Crippen molar-refractivity contribution in [1.82, 2.24) is 19.5 Å². The zero-order chi connectivity index (χ0) is 27.1. The molecule has 0 amide bonds. The van der Waals surface area contributed by atoms with E-state index in [0.29, 0.717) is 17.5 Å². The molecule has 4 rings (SSSR count). The number of aliphatic hydroxyl groups is 1. The Kier molecular flexibility index (Phi) is 7.57. The summed E-state index contributed by atoms with van der Waals surface area (Å²) in [4.78, 5) is 24.9. The molecule has 1 fully saturated rings. The van der Waals surface area contributed by atoms with E-state index in [-0.39, 0.29) is 39.7 Å². The number of sulfonamides is 1. The lowest BCUT2D eigenvalue weighted by Crippen LogP contribution is -2.38. The predicted molar refractivity (Wildman–Crippen MR) is 128 cm³/mol. The molecule has 2 aromatic carbocycles. The van der Waals surface area contributed by atoms with Crippen molar-refractivity contribution in [2.75, 3.05) is 6.54 Å². The van der Waals surface area contributed by atoms with Crippen molar-refractivity contribution in [1.29, 1.82) is 0 Å². The number of aromatic amines is 1. The Balaban J connectivity index is 1.62. The molecule has 0 unspecified atom stereocenters. The van der Waals surface area contributed by atoms with Gasteiger partial charge in [0.2, 0.25) is 10.0 Å². The first-order chi connectivity index (χ1) is 17.4. The number of aromatic nitrogens is 3. The fourth-order valence-corrected chi connectivity index (χ4v) is 5.34. The summed E-state index contributed by atoms with van der Waals surface area (Å²) in [5.74, 6) is -0.819. The van der Waals surface area contributed by atoms with Crippen molar-refractivity contribution in [3.8, 4) is 22.9 Å². The summed E-state index contributed by atoms with van der Waals surface area (Å²) in [5.41, 5.74) is -3.81. The third-order valence-corrected chi connectivity index (χ3v) is 7.52. The maximum absolute atomic E-state index is 13.0. The van der Waals surface area contributed by atoms with Crippen LogP contribution in [0.25, 0.3) is 5.69 Å². The molecule has 16 heteroatoms. The number of ether oxygens (including phenoxy) is 1. The second-order valence-corrected chi connectivity index (χ2v) is 10.7. The minimum atomic E-state index is -4.14. The van der Waals surface area contributed by atoms with Crippen molar-refractivity contribution in [2.45, 2.75) is 30.3 Å². The van der Waals surface area contributed by atoms with Crippen LogP contribution < -0.4 is 20.7 Å². The molecule has 1 aromatic heterocycles. The first-order valence-corrected chi connectivity index (χ1v) is 12.8. The third-order valence-electron chi connectivity index (χ3n) is 5.50. The summed E-state index contributed by atoms with van der Waals surface area (Å²) < 4.78 is 59.9. The lowest BCUT2D eigenvalue weighted by atomic mass is 9.83. The van der Waals surface area contributed by atoms with Gasteiger partial charge in [-0.1, -0.05) is 23.2 Å². The van der Waals surface area contributed by atoms with Crippen LogP contribution >= 0.6 is 23.2 Å². The number of halogens is 4. The minimum absolute atomic E-state index is 0.0244. The maximum Gasteiger partial charge on any atom is 0.349 e. The zero-order valence-corrected chi connectivity index (χ0v) is 20.8. The molecule has 198 valence electrons. The highest BCUT2D eigenvalue weighted by Gasteiger charge is 2.29. The van der Waals surface area contributed by atoms with Crippen molar-refractivity contribution < 1.29 is 32.1 Å². The van der Waals surface area contributed by atoms with E-state index in [4.69, 9.17) is 27.9 Å². The fraction of sp³-hybridized carbons (Fsp3) is 0.286. The molecule has 3 aromatic rings. The van der Waals surface area contributed by atoms with Gasteiger partial charge in [0.05, 0.1) is 21.8 Å². The van der Waals surface area contributed by atoms with E-state index in [1.807, 2.05) is 0 Å². The Labute approximate surface area is 217 Å². The lowest BCUT2D eigenvalue weighted by molar-refractivity contribution is 0.0453. The summed E-state index contributed by atoms with van der Waals surface area (Å²) in [6.07, 6.45) is -2.77. The normalized spacial score (nSPS) is 17.6. The number of alkyl halides is 2. The van der Waals surface area contributed by atoms with E-state index in [0.717, 1.165) is 24.3 Å². The van der Waals surface area contributed by atoms with Crippen LogP contribution in [0.5, 0.6) is 17.2 Å². The molecule has 0 radical (unpaired) electrons. The molecule has 0 bridgehead atoms. The predicted octanol–water partition coefficient (Wildman–Crippen LogP) is 2.71. The fourth-order valence-electron chi connectivity index (χ4n) is 3.56. The molecule has 0 spiro atoms. The zero-order valence-electron chi connectivity index (χ0n) is 18.5. The number of rotatable bonds is 8. The Morgan fingerprint density at radius 3 is 2.43 bits per heavy atom. The SMILES string of the molecule is O=c1[nH]c(=O)n(-c2cc(Cl)c(Oc3ccc(O)c(S(=O)(=O)NC[C@H]4C[C@H](O)C4)c3)c(Cl)c2)nc1C(F)F. The molecule has 0 aliphatic heterocycles.